The summed E-state index contributed by atoms with van der Waals surface area (Å²) in [5.41, 5.74) is 2.35. The van der Waals surface area contributed by atoms with E-state index >= 15 is 0 Å². The Kier molecular flexibility index (Phi) is 4.99. The number of alkyl halides is 3. The van der Waals surface area contributed by atoms with Gasteiger partial charge >= 0.3 is 12.3 Å². The van der Waals surface area contributed by atoms with E-state index in [0.717, 1.165) is 18.5 Å². The summed E-state index contributed by atoms with van der Waals surface area (Å²) in [7, 11) is 0. The zero-order valence-electron chi connectivity index (χ0n) is 14.8. The lowest BCUT2D eigenvalue weighted by Gasteiger charge is -2.12. The molecule has 1 aliphatic carbocycles. The van der Waals surface area contributed by atoms with E-state index in [1.165, 1.54) is 24.3 Å². The van der Waals surface area contributed by atoms with Gasteiger partial charge in [0.05, 0.1) is 5.92 Å². The number of rotatable bonds is 6. The summed E-state index contributed by atoms with van der Waals surface area (Å²) in [6.07, 6.45) is -3.15. The van der Waals surface area contributed by atoms with Gasteiger partial charge in [0.15, 0.2) is 6.61 Å². The van der Waals surface area contributed by atoms with Crippen molar-refractivity contribution in [3.63, 3.8) is 0 Å². The SMILES string of the molecule is Cc1cc(C(=O)COC(=O)C2CC2)c(C)n1-c1ccc(OC(F)(F)F)cc1. The smallest absolute Gasteiger partial charge is 0.457 e. The first kappa shape index (κ1) is 19.0. The summed E-state index contributed by atoms with van der Waals surface area (Å²) in [6, 6.07) is 7.04. The second-order valence-electron chi connectivity index (χ2n) is 6.47. The Balaban J connectivity index is 1.76. The van der Waals surface area contributed by atoms with Crippen LogP contribution < -0.4 is 4.74 Å². The number of esters is 1. The number of halogens is 3. The van der Waals surface area contributed by atoms with Crippen molar-refractivity contribution in [3.05, 3.63) is 47.3 Å². The van der Waals surface area contributed by atoms with Crippen LogP contribution in [0.1, 0.15) is 34.6 Å². The van der Waals surface area contributed by atoms with Gasteiger partial charge in [-0.1, -0.05) is 0 Å². The minimum absolute atomic E-state index is 0.0809. The lowest BCUT2D eigenvalue weighted by molar-refractivity contribution is -0.274. The van der Waals surface area contributed by atoms with Crippen LogP contribution in [0.25, 0.3) is 5.69 Å². The molecule has 1 aliphatic rings. The van der Waals surface area contributed by atoms with Gasteiger partial charge in [0.25, 0.3) is 0 Å². The molecule has 2 aromatic rings. The number of Topliss-reactive ketones (excluding diaryl/α,β-unsaturated/α-hetero) is 1. The zero-order chi connectivity index (χ0) is 19.8. The van der Waals surface area contributed by atoms with E-state index in [-0.39, 0.29) is 30.0 Å². The monoisotopic (exact) mass is 381 g/mol. The number of benzene rings is 1. The molecular formula is C19H18F3NO4. The Morgan fingerprint density at radius 2 is 1.78 bits per heavy atom. The van der Waals surface area contributed by atoms with E-state index in [1.807, 2.05) is 0 Å². The molecule has 0 unspecified atom stereocenters. The van der Waals surface area contributed by atoms with Gasteiger partial charge in [-0.3, -0.25) is 9.59 Å². The number of nitrogens with zero attached hydrogens (tertiary/aromatic N) is 1. The van der Waals surface area contributed by atoms with Crippen molar-refractivity contribution in [3.8, 4) is 11.4 Å². The van der Waals surface area contributed by atoms with Crippen molar-refractivity contribution in [2.24, 2.45) is 5.92 Å². The first-order valence-electron chi connectivity index (χ1n) is 8.40. The highest BCUT2D eigenvalue weighted by Gasteiger charge is 2.32. The number of ketones is 1. The Hall–Kier alpha value is -2.77. The molecule has 0 bridgehead atoms. The molecule has 0 spiro atoms. The molecule has 1 heterocycles. The van der Waals surface area contributed by atoms with E-state index < -0.39 is 6.36 Å². The molecule has 0 saturated heterocycles. The zero-order valence-corrected chi connectivity index (χ0v) is 14.8. The maximum absolute atomic E-state index is 12.4. The summed E-state index contributed by atoms with van der Waals surface area (Å²) in [5.74, 6) is -1.07. The number of carbonyl (C=O) groups excluding carboxylic acids is 2. The fourth-order valence-corrected chi connectivity index (χ4v) is 2.89. The standard InChI is InChI=1S/C19H18F3NO4/c1-11-9-16(17(24)10-26-18(25)13-3-4-13)12(2)23(11)14-5-7-15(8-6-14)27-19(20,21)22/h5-9,13H,3-4,10H2,1-2H3. The van der Waals surface area contributed by atoms with E-state index in [1.54, 1.807) is 24.5 Å². The Morgan fingerprint density at radius 3 is 2.33 bits per heavy atom. The topological polar surface area (TPSA) is 57.5 Å². The molecule has 8 heteroatoms. The third-order valence-electron chi connectivity index (χ3n) is 4.32. The van der Waals surface area contributed by atoms with Gasteiger partial charge in [0.1, 0.15) is 5.75 Å². The minimum Gasteiger partial charge on any atom is -0.457 e. The molecule has 144 valence electrons. The van der Waals surface area contributed by atoms with Crippen LogP contribution in [0.3, 0.4) is 0 Å². The Morgan fingerprint density at radius 1 is 1.15 bits per heavy atom. The van der Waals surface area contributed by atoms with Crippen LogP contribution in [0, 0.1) is 19.8 Å². The molecule has 5 nitrogen and oxygen atoms in total. The highest BCUT2D eigenvalue weighted by Crippen LogP contribution is 2.30. The van der Waals surface area contributed by atoms with Gasteiger partial charge < -0.3 is 14.0 Å². The number of ether oxygens (including phenoxy) is 2. The number of aryl methyl sites for hydroxylation is 1. The highest BCUT2D eigenvalue weighted by molar-refractivity contribution is 5.99. The Bertz CT molecular complexity index is 864. The van der Waals surface area contributed by atoms with Gasteiger partial charge in [-0.25, -0.2) is 0 Å². The molecule has 1 aromatic carbocycles. The second kappa shape index (κ2) is 7.09. The summed E-state index contributed by atoms with van der Waals surface area (Å²) in [6.45, 7) is 3.18. The van der Waals surface area contributed by atoms with Crippen LogP contribution in [-0.4, -0.2) is 29.3 Å². The molecular weight excluding hydrogens is 363 g/mol. The van der Waals surface area contributed by atoms with Crippen LogP contribution in [0.4, 0.5) is 13.2 Å². The van der Waals surface area contributed by atoms with E-state index in [2.05, 4.69) is 4.74 Å². The summed E-state index contributed by atoms with van der Waals surface area (Å²) >= 11 is 0. The largest absolute Gasteiger partial charge is 0.573 e. The Labute approximate surface area is 153 Å². The summed E-state index contributed by atoms with van der Waals surface area (Å²) in [4.78, 5) is 24.0. The quantitative estimate of drug-likeness (QED) is 0.558. The van der Waals surface area contributed by atoms with Crippen molar-refractivity contribution in [1.29, 1.82) is 0 Å². The molecule has 0 radical (unpaired) electrons. The van der Waals surface area contributed by atoms with Crippen LogP contribution in [0.2, 0.25) is 0 Å². The third-order valence-corrected chi connectivity index (χ3v) is 4.32. The van der Waals surface area contributed by atoms with E-state index in [4.69, 9.17) is 4.74 Å². The van der Waals surface area contributed by atoms with Gasteiger partial charge in [0.2, 0.25) is 5.78 Å². The predicted molar refractivity (Wildman–Crippen MR) is 89.9 cm³/mol. The van der Waals surface area contributed by atoms with E-state index in [0.29, 0.717) is 16.9 Å². The number of hydrogen-bond acceptors (Lipinski definition) is 4. The van der Waals surface area contributed by atoms with Gasteiger partial charge in [0, 0.05) is 22.6 Å². The van der Waals surface area contributed by atoms with Crippen molar-refractivity contribution >= 4 is 11.8 Å². The van der Waals surface area contributed by atoms with Gasteiger partial charge in [-0.15, -0.1) is 13.2 Å². The van der Waals surface area contributed by atoms with Crippen LogP contribution in [0.5, 0.6) is 5.75 Å². The fourth-order valence-electron chi connectivity index (χ4n) is 2.89. The average molecular weight is 381 g/mol. The van der Waals surface area contributed by atoms with Gasteiger partial charge in [-0.05, 0) is 57.0 Å². The maximum atomic E-state index is 12.4. The minimum atomic E-state index is -4.75. The first-order valence-corrected chi connectivity index (χ1v) is 8.40. The average Bonchev–Trinajstić information content (AvgIpc) is 3.38. The second-order valence-corrected chi connectivity index (χ2v) is 6.47. The van der Waals surface area contributed by atoms with Crippen LogP contribution in [-0.2, 0) is 9.53 Å². The molecule has 3 rings (SSSR count). The normalized spacial score (nSPS) is 14.1. The van der Waals surface area contributed by atoms with Gasteiger partial charge in [-0.2, -0.15) is 0 Å². The molecule has 1 fully saturated rings. The molecule has 27 heavy (non-hydrogen) atoms. The lowest BCUT2D eigenvalue weighted by Crippen LogP contribution is -2.17. The number of hydrogen-bond donors (Lipinski definition) is 0. The molecule has 1 aromatic heterocycles. The molecule has 0 atom stereocenters. The first-order chi connectivity index (χ1) is 12.7. The number of carbonyl (C=O) groups is 2. The maximum Gasteiger partial charge on any atom is 0.573 e. The molecule has 0 aliphatic heterocycles. The van der Waals surface area contributed by atoms with Crippen molar-refractivity contribution in [2.75, 3.05) is 6.61 Å². The number of aromatic nitrogens is 1. The van der Waals surface area contributed by atoms with Crippen LogP contribution in [0.15, 0.2) is 30.3 Å². The van der Waals surface area contributed by atoms with E-state index in [9.17, 15) is 22.8 Å². The lowest BCUT2D eigenvalue weighted by atomic mass is 10.1. The highest BCUT2D eigenvalue weighted by atomic mass is 19.4. The molecule has 0 N–H and O–H groups in total. The summed E-state index contributed by atoms with van der Waals surface area (Å²) in [5, 5.41) is 0. The van der Waals surface area contributed by atoms with Crippen molar-refractivity contribution in [1.82, 2.24) is 4.57 Å². The predicted octanol–water partition coefficient (Wildman–Crippen LogP) is 4.13. The third kappa shape index (κ3) is 4.50. The fraction of sp³-hybridized carbons (Fsp3) is 0.368. The van der Waals surface area contributed by atoms with Crippen molar-refractivity contribution in [2.45, 2.75) is 33.1 Å². The van der Waals surface area contributed by atoms with Crippen molar-refractivity contribution < 1.29 is 32.2 Å². The van der Waals surface area contributed by atoms with Crippen LogP contribution >= 0.6 is 0 Å². The molecule has 1 saturated carbocycles. The summed E-state index contributed by atoms with van der Waals surface area (Å²) < 4.78 is 47.4. The molecule has 0 amide bonds.